The molecule has 0 aliphatic rings. The third-order valence-electron chi connectivity index (χ3n) is 3.34. The fourth-order valence-electron chi connectivity index (χ4n) is 2.14. The average Bonchev–Trinajstić information content (AvgIpc) is 2.36. The maximum absolute atomic E-state index is 10.8. The van der Waals surface area contributed by atoms with Gasteiger partial charge in [0.1, 0.15) is 0 Å². The fourth-order valence-corrected chi connectivity index (χ4v) is 2.14. The number of rotatable bonds is 8. The van der Waals surface area contributed by atoms with E-state index in [-0.39, 0.29) is 10.6 Å². The molecule has 106 valence electrons. The van der Waals surface area contributed by atoms with Gasteiger partial charge < -0.3 is 5.32 Å². The van der Waals surface area contributed by atoms with E-state index in [1.165, 1.54) is 25.7 Å². The van der Waals surface area contributed by atoms with Crippen molar-refractivity contribution in [2.45, 2.75) is 52.9 Å². The molecule has 0 saturated heterocycles. The van der Waals surface area contributed by atoms with E-state index < -0.39 is 0 Å². The first-order chi connectivity index (χ1) is 9.06. The summed E-state index contributed by atoms with van der Waals surface area (Å²) < 4.78 is 0. The van der Waals surface area contributed by atoms with Gasteiger partial charge in [-0.15, -0.1) is 0 Å². The first-order valence-electron chi connectivity index (χ1n) is 7.05. The largest absolute Gasteiger partial charge is 0.385 e. The number of nitrogens with zero attached hydrogens (tertiary/aromatic N) is 1. The van der Waals surface area contributed by atoms with Crippen LogP contribution in [0.2, 0.25) is 0 Å². The van der Waals surface area contributed by atoms with Gasteiger partial charge in [0.25, 0.3) is 5.69 Å². The Morgan fingerprint density at radius 2 is 1.79 bits per heavy atom. The molecular weight excluding hydrogens is 240 g/mol. The normalized spacial score (nSPS) is 10.5. The molecule has 4 heteroatoms. The lowest BCUT2D eigenvalue weighted by molar-refractivity contribution is -0.385. The summed E-state index contributed by atoms with van der Waals surface area (Å²) in [6.07, 6.45) is 6.24. The zero-order chi connectivity index (χ0) is 14.3. The van der Waals surface area contributed by atoms with Crippen molar-refractivity contribution >= 4 is 11.4 Å². The number of hydrogen-bond donors (Lipinski definition) is 1. The number of anilines is 1. The van der Waals surface area contributed by atoms with Crippen molar-refractivity contribution in [1.29, 1.82) is 0 Å². The second kappa shape index (κ2) is 7.77. The fraction of sp³-hybridized carbons (Fsp3) is 0.600. The van der Waals surface area contributed by atoms with Gasteiger partial charge in [-0.1, -0.05) is 32.6 Å². The van der Waals surface area contributed by atoms with Gasteiger partial charge >= 0.3 is 0 Å². The molecule has 0 aliphatic carbocycles. The van der Waals surface area contributed by atoms with E-state index in [9.17, 15) is 10.1 Å². The van der Waals surface area contributed by atoms with E-state index >= 15 is 0 Å². The maximum Gasteiger partial charge on any atom is 0.272 e. The number of nitro groups is 1. The highest BCUT2D eigenvalue weighted by atomic mass is 16.6. The van der Waals surface area contributed by atoms with Crippen molar-refractivity contribution in [1.82, 2.24) is 0 Å². The first-order valence-corrected chi connectivity index (χ1v) is 7.05. The minimum absolute atomic E-state index is 0.200. The van der Waals surface area contributed by atoms with Gasteiger partial charge in [-0.3, -0.25) is 10.1 Å². The highest BCUT2D eigenvalue weighted by Gasteiger charge is 2.12. The maximum atomic E-state index is 10.8. The summed E-state index contributed by atoms with van der Waals surface area (Å²) in [5, 5.41) is 14.2. The van der Waals surface area contributed by atoms with E-state index in [2.05, 4.69) is 12.2 Å². The van der Waals surface area contributed by atoms with Crippen molar-refractivity contribution in [2.24, 2.45) is 0 Å². The predicted octanol–water partition coefficient (Wildman–Crippen LogP) is 4.59. The monoisotopic (exact) mass is 264 g/mol. The predicted molar refractivity (Wildman–Crippen MR) is 79.8 cm³/mol. The van der Waals surface area contributed by atoms with Crippen LogP contribution in [0.25, 0.3) is 0 Å². The molecule has 0 amide bonds. The molecule has 0 aliphatic heterocycles. The minimum Gasteiger partial charge on any atom is -0.385 e. The molecule has 0 heterocycles. The third kappa shape index (κ3) is 4.89. The smallest absolute Gasteiger partial charge is 0.272 e. The highest BCUT2D eigenvalue weighted by molar-refractivity contribution is 5.59. The zero-order valence-corrected chi connectivity index (χ0v) is 12.2. The molecule has 0 bridgehead atoms. The molecule has 0 radical (unpaired) electrons. The molecule has 0 aromatic heterocycles. The lowest BCUT2D eigenvalue weighted by Gasteiger charge is -2.10. The summed E-state index contributed by atoms with van der Waals surface area (Å²) in [4.78, 5) is 10.5. The van der Waals surface area contributed by atoms with E-state index in [0.717, 1.165) is 24.2 Å². The molecule has 1 aromatic carbocycles. The van der Waals surface area contributed by atoms with Crippen molar-refractivity contribution in [3.05, 3.63) is 33.4 Å². The topological polar surface area (TPSA) is 55.2 Å². The lowest BCUT2D eigenvalue weighted by Crippen LogP contribution is -2.04. The molecule has 1 rings (SSSR count). The van der Waals surface area contributed by atoms with Crippen LogP contribution in [0.3, 0.4) is 0 Å². The number of nitro benzene ring substituents is 1. The molecule has 0 fully saturated rings. The van der Waals surface area contributed by atoms with Gasteiger partial charge in [0, 0.05) is 23.9 Å². The van der Waals surface area contributed by atoms with Crippen LogP contribution < -0.4 is 5.32 Å². The molecule has 0 atom stereocenters. The molecular formula is C15H24N2O2. The molecule has 0 spiro atoms. The molecule has 1 N–H and O–H groups in total. The third-order valence-corrected chi connectivity index (χ3v) is 3.34. The lowest BCUT2D eigenvalue weighted by atomic mass is 10.1. The summed E-state index contributed by atoms with van der Waals surface area (Å²) in [5.74, 6) is 0. The summed E-state index contributed by atoms with van der Waals surface area (Å²) in [7, 11) is 0. The quantitative estimate of drug-likeness (QED) is 0.424. The Kier molecular flexibility index (Phi) is 6.33. The van der Waals surface area contributed by atoms with Crippen LogP contribution in [0.15, 0.2) is 12.1 Å². The number of aryl methyl sites for hydroxylation is 2. The first kappa shape index (κ1) is 15.5. The Labute approximate surface area is 115 Å². The Bertz CT molecular complexity index is 430. The van der Waals surface area contributed by atoms with E-state index in [1.54, 1.807) is 13.0 Å². The Morgan fingerprint density at radius 1 is 1.11 bits per heavy atom. The van der Waals surface area contributed by atoms with Crippen LogP contribution >= 0.6 is 0 Å². The van der Waals surface area contributed by atoms with Gasteiger partial charge in [-0.2, -0.15) is 0 Å². The van der Waals surface area contributed by atoms with Crippen LogP contribution in [0.1, 0.15) is 50.2 Å². The van der Waals surface area contributed by atoms with Gasteiger partial charge in [-0.05, 0) is 31.9 Å². The Morgan fingerprint density at radius 3 is 2.42 bits per heavy atom. The zero-order valence-electron chi connectivity index (χ0n) is 12.2. The van der Waals surface area contributed by atoms with E-state index in [4.69, 9.17) is 0 Å². The minimum atomic E-state index is -0.323. The van der Waals surface area contributed by atoms with Crippen LogP contribution in [0.4, 0.5) is 11.4 Å². The number of benzene rings is 1. The van der Waals surface area contributed by atoms with Crippen molar-refractivity contribution in [2.75, 3.05) is 11.9 Å². The van der Waals surface area contributed by atoms with E-state index in [0.29, 0.717) is 5.56 Å². The van der Waals surface area contributed by atoms with Gasteiger partial charge in [-0.25, -0.2) is 0 Å². The van der Waals surface area contributed by atoms with Crippen LogP contribution in [-0.2, 0) is 0 Å². The van der Waals surface area contributed by atoms with Crippen LogP contribution in [-0.4, -0.2) is 11.5 Å². The summed E-state index contributed by atoms with van der Waals surface area (Å²) >= 11 is 0. The molecule has 1 aromatic rings. The SMILES string of the molecule is CCCCCCCNc1cc(C)c([N+](=O)[O-])cc1C. The summed E-state index contributed by atoms with van der Waals surface area (Å²) in [6.45, 7) is 6.83. The molecule has 0 saturated carbocycles. The molecule has 4 nitrogen and oxygen atoms in total. The van der Waals surface area contributed by atoms with Crippen molar-refractivity contribution in [3.8, 4) is 0 Å². The second-order valence-corrected chi connectivity index (χ2v) is 5.05. The number of unbranched alkanes of at least 4 members (excludes halogenated alkanes) is 4. The van der Waals surface area contributed by atoms with Crippen LogP contribution in [0, 0.1) is 24.0 Å². The van der Waals surface area contributed by atoms with Gasteiger partial charge in [0.05, 0.1) is 4.92 Å². The van der Waals surface area contributed by atoms with Crippen molar-refractivity contribution < 1.29 is 4.92 Å². The van der Waals surface area contributed by atoms with Gasteiger partial charge in [0.15, 0.2) is 0 Å². The van der Waals surface area contributed by atoms with Crippen LogP contribution in [0.5, 0.6) is 0 Å². The Hall–Kier alpha value is -1.58. The molecule has 19 heavy (non-hydrogen) atoms. The summed E-state index contributed by atoms with van der Waals surface area (Å²) in [5.41, 5.74) is 2.86. The van der Waals surface area contributed by atoms with Gasteiger partial charge in [0.2, 0.25) is 0 Å². The van der Waals surface area contributed by atoms with E-state index in [1.807, 2.05) is 13.0 Å². The molecule has 0 unspecified atom stereocenters. The highest BCUT2D eigenvalue weighted by Crippen LogP contribution is 2.25. The average molecular weight is 264 g/mol. The van der Waals surface area contributed by atoms with Crippen molar-refractivity contribution in [3.63, 3.8) is 0 Å². The number of nitrogens with one attached hydrogen (secondary N) is 1. The second-order valence-electron chi connectivity index (χ2n) is 5.05. The standard InChI is InChI=1S/C15H24N2O2/c1-4-5-6-7-8-9-16-14-10-13(3)15(17(18)19)11-12(14)2/h10-11,16H,4-9H2,1-3H3. The number of hydrogen-bond acceptors (Lipinski definition) is 3. The summed E-state index contributed by atoms with van der Waals surface area (Å²) in [6, 6.07) is 3.52. The Balaban J connectivity index is 2.50.